The van der Waals surface area contributed by atoms with E-state index in [4.69, 9.17) is 25.8 Å². The van der Waals surface area contributed by atoms with Crippen LogP contribution in [-0.4, -0.2) is 43.8 Å². The SMILES string of the molecule is CC(C)(C)OCC1COC2(CCN(c3ccc(Cl)cc3)CC2)O1. The molecule has 0 amide bonds. The van der Waals surface area contributed by atoms with Gasteiger partial charge >= 0.3 is 0 Å². The number of ether oxygens (including phenoxy) is 3. The summed E-state index contributed by atoms with van der Waals surface area (Å²) in [4.78, 5) is 2.35. The summed E-state index contributed by atoms with van der Waals surface area (Å²) in [5, 5.41) is 0.770. The van der Waals surface area contributed by atoms with Gasteiger partial charge in [-0.2, -0.15) is 0 Å². The van der Waals surface area contributed by atoms with E-state index in [2.05, 4.69) is 37.8 Å². The standard InChI is InChI=1S/C18H26ClNO3/c1-17(2,3)21-12-16-13-22-18(23-16)8-10-20(11-9-18)15-6-4-14(19)5-7-15/h4-7,16H,8-13H2,1-3H3. The molecule has 1 aromatic carbocycles. The fourth-order valence-electron chi connectivity index (χ4n) is 3.06. The van der Waals surface area contributed by atoms with E-state index < -0.39 is 5.79 Å². The summed E-state index contributed by atoms with van der Waals surface area (Å²) < 4.78 is 18.0. The number of rotatable bonds is 3. The summed E-state index contributed by atoms with van der Waals surface area (Å²) in [5.74, 6) is -0.422. The predicted octanol–water partition coefficient (Wildman–Crippen LogP) is 3.87. The van der Waals surface area contributed by atoms with E-state index in [0.717, 1.165) is 31.0 Å². The highest BCUT2D eigenvalue weighted by Crippen LogP contribution is 2.36. The second-order valence-electron chi connectivity index (χ2n) is 7.35. The zero-order chi connectivity index (χ0) is 16.5. The van der Waals surface area contributed by atoms with Crippen LogP contribution in [-0.2, 0) is 14.2 Å². The van der Waals surface area contributed by atoms with Crippen molar-refractivity contribution in [3.63, 3.8) is 0 Å². The van der Waals surface area contributed by atoms with Crippen molar-refractivity contribution in [2.24, 2.45) is 0 Å². The molecule has 1 atom stereocenters. The van der Waals surface area contributed by atoms with E-state index in [-0.39, 0.29) is 11.7 Å². The average Bonchev–Trinajstić information content (AvgIpc) is 2.90. The Morgan fingerprint density at radius 2 is 1.87 bits per heavy atom. The maximum Gasteiger partial charge on any atom is 0.172 e. The molecule has 0 N–H and O–H groups in total. The van der Waals surface area contributed by atoms with Gasteiger partial charge < -0.3 is 19.1 Å². The molecule has 2 aliphatic rings. The topological polar surface area (TPSA) is 30.9 Å². The molecular weight excluding hydrogens is 314 g/mol. The van der Waals surface area contributed by atoms with Gasteiger partial charge in [0.1, 0.15) is 6.10 Å². The highest BCUT2D eigenvalue weighted by Gasteiger charge is 2.44. The minimum Gasteiger partial charge on any atom is -0.373 e. The molecule has 2 fully saturated rings. The third kappa shape index (κ3) is 4.38. The molecule has 3 rings (SSSR count). The fraction of sp³-hybridized carbons (Fsp3) is 0.667. The third-order valence-corrected chi connectivity index (χ3v) is 4.58. The average molecular weight is 340 g/mol. The summed E-state index contributed by atoms with van der Waals surface area (Å²) in [6.07, 6.45) is 1.79. The van der Waals surface area contributed by atoms with E-state index in [1.54, 1.807) is 0 Å². The van der Waals surface area contributed by atoms with Crippen LogP contribution in [0, 0.1) is 0 Å². The summed E-state index contributed by atoms with van der Waals surface area (Å²) in [6, 6.07) is 8.00. The van der Waals surface area contributed by atoms with Gasteiger partial charge in [-0.15, -0.1) is 0 Å². The highest BCUT2D eigenvalue weighted by atomic mass is 35.5. The molecule has 1 spiro atoms. The molecule has 128 valence electrons. The van der Waals surface area contributed by atoms with Gasteiger partial charge in [-0.3, -0.25) is 0 Å². The van der Waals surface area contributed by atoms with Crippen molar-refractivity contribution in [1.82, 2.24) is 0 Å². The first-order valence-electron chi connectivity index (χ1n) is 8.32. The molecule has 1 unspecified atom stereocenters. The minimum absolute atomic E-state index is 0.0382. The zero-order valence-corrected chi connectivity index (χ0v) is 14.9. The Morgan fingerprint density at radius 3 is 2.48 bits per heavy atom. The van der Waals surface area contributed by atoms with Crippen molar-refractivity contribution in [2.45, 2.75) is 51.1 Å². The van der Waals surface area contributed by atoms with Crippen LogP contribution in [0.3, 0.4) is 0 Å². The van der Waals surface area contributed by atoms with Gasteiger partial charge in [0, 0.05) is 36.6 Å². The van der Waals surface area contributed by atoms with Gasteiger partial charge in [0.2, 0.25) is 0 Å². The first-order valence-corrected chi connectivity index (χ1v) is 8.69. The molecule has 5 heteroatoms. The van der Waals surface area contributed by atoms with E-state index in [0.29, 0.717) is 13.2 Å². The molecule has 0 bridgehead atoms. The highest BCUT2D eigenvalue weighted by molar-refractivity contribution is 6.30. The summed E-state index contributed by atoms with van der Waals surface area (Å²) in [6.45, 7) is 9.24. The maximum absolute atomic E-state index is 6.19. The lowest BCUT2D eigenvalue weighted by atomic mass is 10.0. The number of halogens is 1. The largest absolute Gasteiger partial charge is 0.373 e. The van der Waals surface area contributed by atoms with Crippen LogP contribution in [0.1, 0.15) is 33.6 Å². The summed E-state index contributed by atoms with van der Waals surface area (Å²) >= 11 is 5.96. The molecular formula is C18H26ClNO3. The van der Waals surface area contributed by atoms with Crippen LogP contribution in [0.5, 0.6) is 0 Å². The van der Waals surface area contributed by atoms with Gasteiger partial charge in [-0.1, -0.05) is 11.6 Å². The van der Waals surface area contributed by atoms with E-state index in [9.17, 15) is 0 Å². The molecule has 1 aromatic rings. The Hall–Kier alpha value is -0.810. The molecule has 0 saturated carbocycles. The molecule has 0 radical (unpaired) electrons. The quantitative estimate of drug-likeness (QED) is 0.836. The molecule has 2 saturated heterocycles. The lowest BCUT2D eigenvalue weighted by Gasteiger charge is -2.39. The van der Waals surface area contributed by atoms with Crippen molar-refractivity contribution in [1.29, 1.82) is 0 Å². The molecule has 0 aromatic heterocycles. The number of nitrogens with zero attached hydrogens (tertiary/aromatic N) is 1. The van der Waals surface area contributed by atoms with E-state index >= 15 is 0 Å². The molecule has 23 heavy (non-hydrogen) atoms. The third-order valence-electron chi connectivity index (χ3n) is 4.33. The number of benzene rings is 1. The number of hydrogen-bond acceptors (Lipinski definition) is 4. The Morgan fingerprint density at radius 1 is 1.22 bits per heavy atom. The van der Waals surface area contributed by atoms with Crippen LogP contribution < -0.4 is 4.90 Å². The number of hydrogen-bond donors (Lipinski definition) is 0. The maximum atomic E-state index is 6.19. The summed E-state index contributed by atoms with van der Waals surface area (Å²) in [7, 11) is 0. The monoisotopic (exact) mass is 339 g/mol. The lowest BCUT2D eigenvalue weighted by molar-refractivity contribution is -0.188. The van der Waals surface area contributed by atoms with Crippen molar-refractivity contribution in [3.05, 3.63) is 29.3 Å². The Bertz CT molecular complexity index is 518. The van der Waals surface area contributed by atoms with Crippen LogP contribution in [0.25, 0.3) is 0 Å². The van der Waals surface area contributed by atoms with Crippen molar-refractivity contribution in [2.75, 3.05) is 31.2 Å². The molecule has 0 aliphatic carbocycles. The number of piperidine rings is 1. The predicted molar refractivity (Wildman–Crippen MR) is 92.2 cm³/mol. The van der Waals surface area contributed by atoms with Gasteiger partial charge in [0.05, 0.1) is 18.8 Å². The van der Waals surface area contributed by atoms with Gasteiger partial charge in [-0.25, -0.2) is 0 Å². The molecule has 2 aliphatic heterocycles. The lowest BCUT2D eigenvalue weighted by Crippen LogP contribution is -2.45. The van der Waals surface area contributed by atoms with Crippen LogP contribution in [0.2, 0.25) is 5.02 Å². The van der Waals surface area contributed by atoms with Gasteiger partial charge in [0.15, 0.2) is 5.79 Å². The second-order valence-corrected chi connectivity index (χ2v) is 7.78. The van der Waals surface area contributed by atoms with E-state index in [1.807, 2.05) is 12.1 Å². The van der Waals surface area contributed by atoms with Crippen LogP contribution in [0.4, 0.5) is 5.69 Å². The Balaban J connectivity index is 1.51. The van der Waals surface area contributed by atoms with Gasteiger partial charge in [0.25, 0.3) is 0 Å². The number of anilines is 1. The summed E-state index contributed by atoms with van der Waals surface area (Å²) in [5.41, 5.74) is 1.06. The first kappa shape index (κ1) is 17.0. The Labute approximate surface area is 143 Å². The van der Waals surface area contributed by atoms with Crippen LogP contribution >= 0.6 is 11.6 Å². The second kappa shape index (κ2) is 6.60. The zero-order valence-electron chi connectivity index (χ0n) is 14.2. The van der Waals surface area contributed by atoms with E-state index in [1.165, 1.54) is 5.69 Å². The molecule has 4 nitrogen and oxygen atoms in total. The first-order chi connectivity index (χ1) is 10.9. The van der Waals surface area contributed by atoms with Crippen molar-refractivity contribution >= 4 is 17.3 Å². The van der Waals surface area contributed by atoms with Gasteiger partial charge in [-0.05, 0) is 45.0 Å². The van der Waals surface area contributed by atoms with Crippen LogP contribution in [0.15, 0.2) is 24.3 Å². The van der Waals surface area contributed by atoms with Crippen molar-refractivity contribution < 1.29 is 14.2 Å². The normalized spacial score (nSPS) is 24.3. The fourth-order valence-corrected chi connectivity index (χ4v) is 3.19. The Kier molecular flexibility index (Phi) is 4.88. The van der Waals surface area contributed by atoms with Crippen molar-refractivity contribution in [3.8, 4) is 0 Å². The smallest absolute Gasteiger partial charge is 0.172 e. The molecule has 2 heterocycles. The minimum atomic E-state index is -0.422.